The Labute approximate surface area is 105 Å². The molecule has 1 atom stereocenters. The Morgan fingerprint density at radius 2 is 1.59 bits per heavy atom. The van der Waals surface area contributed by atoms with Gasteiger partial charge in [0.2, 0.25) is 0 Å². The number of nitrogens with two attached hydrogens (primary N) is 1. The first-order valence-electron chi connectivity index (χ1n) is 7.28. The maximum absolute atomic E-state index is 6.42. The second-order valence-corrected chi connectivity index (χ2v) is 7.68. The number of hydrogen-bond acceptors (Lipinski definition) is 2. The SMILES string of the molecule is COCC(C)(N)CC12CC3CC(CC(C3)C1)C2. The van der Waals surface area contributed by atoms with Crippen LogP contribution < -0.4 is 5.73 Å². The molecule has 4 saturated carbocycles. The zero-order chi connectivity index (χ0) is 12.1. The van der Waals surface area contributed by atoms with Gasteiger partial charge < -0.3 is 10.5 Å². The molecular weight excluding hydrogens is 210 g/mol. The van der Waals surface area contributed by atoms with E-state index in [9.17, 15) is 0 Å². The number of methoxy groups -OCH3 is 1. The monoisotopic (exact) mass is 237 g/mol. The lowest BCUT2D eigenvalue weighted by Gasteiger charge is -2.58. The summed E-state index contributed by atoms with van der Waals surface area (Å²) in [6.45, 7) is 2.88. The van der Waals surface area contributed by atoms with Crippen molar-refractivity contribution in [3.8, 4) is 0 Å². The van der Waals surface area contributed by atoms with Crippen molar-refractivity contribution in [2.45, 2.75) is 57.4 Å². The van der Waals surface area contributed by atoms with Crippen LogP contribution in [0, 0.1) is 23.2 Å². The van der Waals surface area contributed by atoms with Gasteiger partial charge in [0.15, 0.2) is 0 Å². The largest absolute Gasteiger partial charge is 0.383 e. The van der Waals surface area contributed by atoms with E-state index in [1.807, 2.05) is 0 Å². The van der Waals surface area contributed by atoms with E-state index in [-0.39, 0.29) is 5.54 Å². The summed E-state index contributed by atoms with van der Waals surface area (Å²) < 4.78 is 5.30. The minimum atomic E-state index is -0.125. The number of ether oxygens (including phenoxy) is 1. The molecule has 0 aromatic carbocycles. The third-order valence-electron chi connectivity index (χ3n) is 5.42. The van der Waals surface area contributed by atoms with Gasteiger partial charge in [-0.1, -0.05) is 0 Å². The molecule has 4 rings (SSSR count). The summed E-state index contributed by atoms with van der Waals surface area (Å²) in [5.74, 6) is 3.08. The Kier molecular flexibility index (Phi) is 2.79. The molecule has 4 aliphatic rings. The lowest BCUT2D eigenvalue weighted by Crippen LogP contribution is -2.52. The maximum Gasteiger partial charge on any atom is 0.0639 e. The standard InChI is InChI=1S/C15H27NO/c1-14(16,10-17-2)9-15-6-11-3-12(7-15)5-13(4-11)8-15/h11-13H,3-10,16H2,1-2H3. The van der Waals surface area contributed by atoms with E-state index in [0.717, 1.165) is 17.8 Å². The van der Waals surface area contributed by atoms with E-state index in [1.165, 1.54) is 44.9 Å². The smallest absolute Gasteiger partial charge is 0.0639 e. The third kappa shape index (κ3) is 2.26. The molecule has 1 unspecified atom stereocenters. The van der Waals surface area contributed by atoms with Crippen molar-refractivity contribution in [3.05, 3.63) is 0 Å². The lowest BCUT2D eigenvalue weighted by atomic mass is 9.48. The molecule has 17 heavy (non-hydrogen) atoms. The Morgan fingerprint density at radius 3 is 2.00 bits per heavy atom. The van der Waals surface area contributed by atoms with Crippen LogP contribution in [-0.4, -0.2) is 19.3 Å². The number of hydrogen-bond donors (Lipinski definition) is 1. The Hall–Kier alpha value is -0.0800. The molecule has 4 bridgehead atoms. The fourth-order valence-electron chi connectivity index (χ4n) is 5.74. The highest BCUT2D eigenvalue weighted by Crippen LogP contribution is 2.62. The van der Waals surface area contributed by atoms with E-state index in [0.29, 0.717) is 12.0 Å². The molecule has 0 spiro atoms. The van der Waals surface area contributed by atoms with Gasteiger partial charge in [0, 0.05) is 12.6 Å². The van der Waals surface area contributed by atoms with Crippen molar-refractivity contribution in [1.82, 2.24) is 0 Å². The van der Waals surface area contributed by atoms with Crippen molar-refractivity contribution in [2.24, 2.45) is 28.9 Å². The van der Waals surface area contributed by atoms with Crippen LogP contribution in [0.25, 0.3) is 0 Å². The van der Waals surface area contributed by atoms with Crippen LogP contribution in [0.15, 0.2) is 0 Å². The van der Waals surface area contributed by atoms with Crippen molar-refractivity contribution < 1.29 is 4.74 Å². The summed E-state index contributed by atoms with van der Waals surface area (Å²) in [5, 5.41) is 0. The summed E-state index contributed by atoms with van der Waals surface area (Å²) >= 11 is 0. The molecule has 0 aromatic rings. The van der Waals surface area contributed by atoms with Crippen molar-refractivity contribution in [2.75, 3.05) is 13.7 Å². The van der Waals surface area contributed by atoms with Crippen LogP contribution in [-0.2, 0) is 4.74 Å². The predicted octanol–water partition coefficient (Wildman–Crippen LogP) is 2.96. The van der Waals surface area contributed by atoms with Gasteiger partial charge in [0.05, 0.1) is 6.61 Å². The van der Waals surface area contributed by atoms with E-state index in [4.69, 9.17) is 10.5 Å². The molecule has 0 heterocycles. The molecule has 2 heteroatoms. The second kappa shape index (κ2) is 3.96. The fourth-order valence-corrected chi connectivity index (χ4v) is 5.74. The van der Waals surface area contributed by atoms with Gasteiger partial charge in [-0.3, -0.25) is 0 Å². The van der Waals surface area contributed by atoms with E-state index < -0.39 is 0 Å². The molecule has 0 saturated heterocycles. The zero-order valence-electron chi connectivity index (χ0n) is 11.4. The quantitative estimate of drug-likeness (QED) is 0.816. The van der Waals surface area contributed by atoms with Crippen LogP contribution in [0.1, 0.15) is 51.9 Å². The highest BCUT2D eigenvalue weighted by molar-refractivity contribution is 5.04. The molecular formula is C15H27NO. The summed E-state index contributed by atoms with van der Waals surface area (Å²) in [6, 6.07) is 0. The molecule has 0 amide bonds. The minimum Gasteiger partial charge on any atom is -0.383 e. The van der Waals surface area contributed by atoms with E-state index in [1.54, 1.807) is 7.11 Å². The first-order valence-corrected chi connectivity index (χ1v) is 7.28. The van der Waals surface area contributed by atoms with Gasteiger partial charge in [-0.05, 0) is 75.0 Å². The van der Waals surface area contributed by atoms with Crippen LogP contribution in [0.2, 0.25) is 0 Å². The first kappa shape index (κ1) is 12.0. The maximum atomic E-state index is 6.42. The summed E-state index contributed by atoms with van der Waals surface area (Å²) in [7, 11) is 1.77. The third-order valence-corrected chi connectivity index (χ3v) is 5.42. The highest BCUT2D eigenvalue weighted by Gasteiger charge is 2.52. The molecule has 0 radical (unpaired) electrons. The van der Waals surface area contributed by atoms with Crippen molar-refractivity contribution >= 4 is 0 Å². The van der Waals surface area contributed by atoms with Gasteiger partial charge in [-0.2, -0.15) is 0 Å². The number of rotatable bonds is 4. The predicted molar refractivity (Wildman–Crippen MR) is 69.7 cm³/mol. The Bertz CT molecular complexity index is 262. The van der Waals surface area contributed by atoms with Crippen LogP contribution in [0.5, 0.6) is 0 Å². The molecule has 2 N–H and O–H groups in total. The van der Waals surface area contributed by atoms with Crippen molar-refractivity contribution in [3.63, 3.8) is 0 Å². The normalized spacial score (nSPS) is 47.1. The second-order valence-electron chi connectivity index (χ2n) is 7.68. The first-order chi connectivity index (χ1) is 8.00. The van der Waals surface area contributed by atoms with Crippen LogP contribution in [0.3, 0.4) is 0 Å². The van der Waals surface area contributed by atoms with Crippen LogP contribution in [0.4, 0.5) is 0 Å². The average Bonchev–Trinajstić information content (AvgIpc) is 2.11. The Balaban J connectivity index is 1.74. The fraction of sp³-hybridized carbons (Fsp3) is 1.00. The molecule has 0 aliphatic heterocycles. The van der Waals surface area contributed by atoms with Crippen LogP contribution >= 0.6 is 0 Å². The minimum absolute atomic E-state index is 0.125. The molecule has 4 aliphatic carbocycles. The lowest BCUT2D eigenvalue weighted by molar-refractivity contribution is -0.0718. The molecule has 0 aromatic heterocycles. The van der Waals surface area contributed by atoms with Gasteiger partial charge in [-0.15, -0.1) is 0 Å². The van der Waals surface area contributed by atoms with Crippen molar-refractivity contribution in [1.29, 1.82) is 0 Å². The van der Waals surface area contributed by atoms with Gasteiger partial charge in [-0.25, -0.2) is 0 Å². The van der Waals surface area contributed by atoms with E-state index >= 15 is 0 Å². The average molecular weight is 237 g/mol. The van der Waals surface area contributed by atoms with E-state index in [2.05, 4.69) is 6.92 Å². The molecule has 4 fully saturated rings. The summed E-state index contributed by atoms with van der Waals surface area (Å²) in [6.07, 6.45) is 10.1. The summed E-state index contributed by atoms with van der Waals surface area (Å²) in [5.41, 5.74) is 6.88. The highest BCUT2D eigenvalue weighted by atomic mass is 16.5. The Morgan fingerprint density at radius 1 is 1.12 bits per heavy atom. The molecule has 98 valence electrons. The van der Waals surface area contributed by atoms with Gasteiger partial charge in [0.25, 0.3) is 0 Å². The zero-order valence-corrected chi connectivity index (χ0v) is 11.4. The summed E-state index contributed by atoms with van der Waals surface area (Å²) in [4.78, 5) is 0. The molecule has 2 nitrogen and oxygen atoms in total. The van der Waals surface area contributed by atoms with Gasteiger partial charge in [0.1, 0.15) is 0 Å². The van der Waals surface area contributed by atoms with Gasteiger partial charge >= 0.3 is 0 Å². The topological polar surface area (TPSA) is 35.2 Å².